The number of halogens is 1. The number of carbonyl (C=O) groups excluding carboxylic acids is 1. The van der Waals surface area contributed by atoms with Crippen LogP contribution in [-0.4, -0.2) is 36.9 Å². The second-order valence-corrected chi connectivity index (χ2v) is 7.25. The molecule has 3 rings (SSSR count). The number of nitrogens with one attached hydrogen (secondary N) is 1. The molecule has 1 aromatic heterocycles. The van der Waals surface area contributed by atoms with Crippen LogP contribution in [0.3, 0.4) is 0 Å². The molecule has 1 N–H and O–H groups in total. The SMILES string of the molecule is O=C[C@@H]1[C@@H](CI)O[C@@H](n2ccc(=O)[nH]c2=O)[C@@]12CCS2. The van der Waals surface area contributed by atoms with Crippen LogP contribution < -0.4 is 11.2 Å². The first-order valence-corrected chi connectivity index (χ1v) is 8.75. The number of rotatable bonds is 3. The van der Waals surface area contributed by atoms with Crippen molar-refractivity contribution in [2.75, 3.05) is 10.2 Å². The summed E-state index contributed by atoms with van der Waals surface area (Å²) in [4.78, 5) is 36.8. The van der Waals surface area contributed by atoms with Gasteiger partial charge in [-0.15, -0.1) is 11.8 Å². The molecule has 1 spiro atoms. The fourth-order valence-electron chi connectivity index (χ4n) is 2.89. The third-order valence-corrected chi connectivity index (χ3v) is 6.44. The second kappa shape index (κ2) is 5.30. The number of alkyl halides is 1. The standard InChI is InChI=1S/C12H13IN2O4S/c13-5-8-7(6-16)12(2-4-20-12)10(19-8)15-3-1-9(17)14-11(15)18/h1,3,6-8,10H,2,4-5H2,(H,14,17,18)/t7-,8-,10-,12-/m1/s1. The number of hydrogen-bond donors (Lipinski definition) is 1. The van der Waals surface area contributed by atoms with E-state index in [1.54, 1.807) is 11.8 Å². The Labute approximate surface area is 132 Å². The summed E-state index contributed by atoms with van der Waals surface area (Å²) in [6.07, 6.45) is 2.55. The highest BCUT2D eigenvalue weighted by Gasteiger charge is 2.60. The van der Waals surface area contributed by atoms with Crippen molar-refractivity contribution < 1.29 is 9.53 Å². The van der Waals surface area contributed by atoms with E-state index in [4.69, 9.17) is 4.74 Å². The van der Waals surface area contributed by atoms with Gasteiger partial charge in [0.25, 0.3) is 5.56 Å². The normalized spacial score (nSPS) is 36.0. The van der Waals surface area contributed by atoms with Gasteiger partial charge in [0.15, 0.2) is 6.23 Å². The Kier molecular flexibility index (Phi) is 3.80. The van der Waals surface area contributed by atoms with Gasteiger partial charge in [-0.1, -0.05) is 22.6 Å². The zero-order valence-corrected chi connectivity index (χ0v) is 13.4. The first-order valence-electron chi connectivity index (χ1n) is 6.24. The van der Waals surface area contributed by atoms with Gasteiger partial charge in [0.2, 0.25) is 0 Å². The maximum Gasteiger partial charge on any atom is 0.330 e. The molecule has 2 aliphatic rings. The van der Waals surface area contributed by atoms with E-state index in [0.29, 0.717) is 4.43 Å². The van der Waals surface area contributed by atoms with Crippen molar-refractivity contribution in [2.45, 2.75) is 23.5 Å². The second-order valence-electron chi connectivity index (χ2n) is 4.91. The van der Waals surface area contributed by atoms with Crippen molar-refractivity contribution in [3.63, 3.8) is 0 Å². The Morgan fingerprint density at radius 1 is 1.60 bits per heavy atom. The van der Waals surface area contributed by atoms with E-state index < -0.39 is 17.5 Å². The van der Waals surface area contributed by atoms with E-state index in [1.807, 2.05) is 0 Å². The highest BCUT2D eigenvalue weighted by atomic mass is 127. The van der Waals surface area contributed by atoms with Crippen molar-refractivity contribution in [3.05, 3.63) is 33.1 Å². The van der Waals surface area contributed by atoms with Gasteiger partial charge in [-0.3, -0.25) is 14.3 Å². The fourth-order valence-corrected chi connectivity index (χ4v) is 5.03. The van der Waals surface area contributed by atoms with Gasteiger partial charge in [0.1, 0.15) is 6.29 Å². The highest BCUT2D eigenvalue weighted by Crippen LogP contribution is 2.59. The number of aldehydes is 1. The van der Waals surface area contributed by atoms with Crippen LogP contribution in [0.4, 0.5) is 0 Å². The summed E-state index contributed by atoms with van der Waals surface area (Å²) in [5.74, 6) is 0.734. The number of H-pyrrole nitrogens is 1. The van der Waals surface area contributed by atoms with Gasteiger partial charge in [0, 0.05) is 16.7 Å². The first-order chi connectivity index (χ1) is 9.62. The molecule has 0 aliphatic carbocycles. The molecule has 2 fully saturated rings. The third-order valence-electron chi connectivity index (χ3n) is 3.95. The Morgan fingerprint density at radius 2 is 2.35 bits per heavy atom. The van der Waals surface area contributed by atoms with Crippen LogP contribution in [0.25, 0.3) is 0 Å². The molecule has 20 heavy (non-hydrogen) atoms. The Morgan fingerprint density at radius 3 is 2.85 bits per heavy atom. The molecule has 3 heterocycles. The average Bonchev–Trinajstić information content (AvgIpc) is 2.72. The molecule has 108 valence electrons. The lowest BCUT2D eigenvalue weighted by atomic mass is 9.87. The van der Waals surface area contributed by atoms with Gasteiger partial charge in [0.05, 0.1) is 16.8 Å². The number of aromatic nitrogens is 2. The maximum atomic E-state index is 12.0. The summed E-state index contributed by atoms with van der Waals surface area (Å²) in [5.41, 5.74) is -0.926. The lowest BCUT2D eigenvalue weighted by molar-refractivity contribution is -0.112. The van der Waals surface area contributed by atoms with Crippen LogP contribution >= 0.6 is 34.4 Å². The topological polar surface area (TPSA) is 81.2 Å². The zero-order chi connectivity index (χ0) is 14.3. The minimum atomic E-state index is -0.499. The predicted molar refractivity (Wildman–Crippen MR) is 83.5 cm³/mol. The molecule has 0 unspecified atom stereocenters. The van der Waals surface area contributed by atoms with Crippen molar-refractivity contribution >= 4 is 40.6 Å². The predicted octanol–water partition coefficient (Wildman–Crippen LogP) is 0.560. The van der Waals surface area contributed by atoms with Crippen molar-refractivity contribution in [2.24, 2.45) is 5.92 Å². The fraction of sp³-hybridized carbons (Fsp3) is 0.583. The molecule has 8 heteroatoms. The molecule has 0 saturated carbocycles. The number of aromatic amines is 1. The lowest BCUT2D eigenvalue weighted by Gasteiger charge is -2.43. The smallest absolute Gasteiger partial charge is 0.330 e. The molecule has 4 atom stereocenters. The molecule has 0 radical (unpaired) electrons. The van der Waals surface area contributed by atoms with Gasteiger partial charge in [-0.05, 0) is 12.2 Å². The van der Waals surface area contributed by atoms with Crippen LogP contribution in [0.2, 0.25) is 0 Å². The highest BCUT2D eigenvalue weighted by molar-refractivity contribution is 14.1. The third kappa shape index (κ3) is 2.00. The molecular weight excluding hydrogens is 395 g/mol. The Hall–Kier alpha value is -0.610. The molecule has 2 saturated heterocycles. The zero-order valence-electron chi connectivity index (χ0n) is 10.5. The molecule has 1 aromatic rings. The summed E-state index contributed by atoms with van der Waals surface area (Å²) in [7, 11) is 0. The molecule has 0 bridgehead atoms. The molecule has 0 aromatic carbocycles. The van der Waals surface area contributed by atoms with E-state index in [0.717, 1.165) is 18.5 Å². The van der Waals surface area contributed by atoms with E-state index in [9.17, 15) is 14.4 Å². The van der Waals surface area contributed by atoms with Crippen LogP contribution in [0.15, 0.2) is 21.9 Å². The quantitative estimate of drug-likeness (QED) is 0.449. The monoisotopic (exact) mass is 408 g/mol. The summed E-state index contributed by atoms with van der Waals surface area (Å²) < 4.78 is 7.68. The molecule has 2 aliphatic heterocycles. The van der Waals surface area contributed by atoms with Gasteiger partial charge in [-0.25, -0.2) is 4.79 Å². The Bertz CT molecular complexity index is 639. The van der Waals surface area contributed by atoms with Crippen molar-refractivity contribution in [1.29, 1.82) is 0 Å². The molecule has 6 nitrogen and oxygen atoms in total. The number of nitrogens with zero attached hydrogens (tertiary/aromatic N) is 1. The minimum Gasteiger partial charge on any atom is -0.352 e. The van der Waals surface area contributed by atoms with Crippen molar-refractivity contribution in [3.8, 4) is 0 Å². The minimum absolute atomic E-state index is 0.190. The molecule has 0 amide bonds. The van der Waals surface area contributed by atoms with E-state index in [-0.39, 0.29) is 16.8 Å². The van der Waals surface area contributed by atoms with E-state index in [2.05, 4.69) is 27.6 Å². The summed E-state index contributed by atoms with van der Waals surface area (Å²) in [6, 6.07) is 1.30. The average molecular weight is 408 g/mol. The van der Waals surface area contributed by atoms with Crippen LogP contribution in [0.1, 0.15) is 12.6 Å². The Balaban J connectivity index is 2.06. The van der Waals surface area contributed by atoms with Crippen LogP contribution in [0.5, 0.6) is 0 Å². The van der Waals surface area contributed by atoms with Crippen LogP contribution in [0, 0.1) is 5.92 Å². The number of thioether (sulfide) groups is 1. The molecular formula is C12H13IN2O4S. The number of carbonyl (C=O) groups is 1. The number of ether oxygens (including phenoxy) is 1. The lowest BCUT2D eigenvalue weighted by Crippen LogP contribution is -2.49. The van der Waals surface area contributed by atoms with Gasteiger partial charge in [-0.2, -0.15) is 0 Å². The van der Waals surface area contributed by atoms with Gasteiger partial charge < -0.3 is 9.53 Å². The number of hydrogen-bond acceptors (Lipinski definition) is 5. The summed E-state index contributed by atoms with van der Waals surface area (Å²) >= 11 is 3.86. The summed E-state index contributed by atoms with van der Waals surface area (Å²) in [6.45, 7) is 0. The van der Waals surface area contributed by atoms with Gasteiger partial charge >= 0.3 is 5.69 Å². The largest absolute Gasteiger partial charge is 0.352 e. The maximum absolute atomic E-state index is 12.0. The first kappa shape index (κ1) is 14.3. The van der Waals surface area contributed by atoms with Crippen LogP contribution in [-0.2, 0) is 9.53 Å². The summed E-state index contributed by atoms with van der Waals surface area (Å²) in [5, 5.41) is 0. The van der Waals surface area contributed by atoms with E-state index in [1.165, 1.54) is 16.8 Å². The van der Waals surface area contributed by atoms with E-state index >= 15 is 0 Å². The van der Waals surface area contributed by atoms with Crippen molar-refractivity contribution in [1.82, 2.24) is 9.55 Å².